The predicted octanol–water partition coefficient (Wildman–Crippen LogP) is 3.38. The lowest BCUT2D eigenvalue weighted by Gasteiger charge is -2.32. The highest BCUT2D eigenvalue weighted by Gasteiger charge is 2.33. The summed E-state index contributed by atoms with van der Waals surface area (Å²) in [7, 11) is 0. The van der Waals surface area contributed by atoms with Crippen molar-refractivity contribution < 1.29 is 9.59 Å². The van der Waals surface area contributed by atoms with Crippen LogP contribution in [0.25, 0.3) is 16.9 Å². The lowest BCUT2D eigenvalue weighted by atomic mass is 9.96. The number of aromatic nitrogens is 4. The summed E-state index contributed by atoms with van der Waals surface area (Å²) in [5.41, 5.74) is 3.03. The topological polar surface area (TPSA) is 93.0 Å². The van der Waals surface area contributed by atoms with Gasteiger partial charge in [0.25, 0.3) is 5.91 Å². The van der Waals surface area contributed by atoms with Gasteiger partial charge >= 0.3 is 0 Å². The van der Waals surface area contributed by atoms with Gasteiger partial charge in [-0.3, -0.25) is 9.59 Å². The van der Waals surface area contributed by atoms with E-state index in [1.165, 1.54) is 12.8 Å². The first kappa shape index (κ1) is 21.3. The maximum absolute atomic E-state index is 13.9. The molecular formula is C26H30N6O2. The Balaban J connectivity index is 1.34. The molecule has 1 N–H and O–H groups in total. The smallest absolute Gasteiger partial charge is 0.254 e. The van der Waals surface area contributed by atoms with E-state index >= 15 is 0 Å². The number of amides is 2. The number of nitrogens with zero attached hydrogens (tertiary/aromatic N) is 5. The summed E-state index contributed by atoms with van der Waals surface area (Å²) >= 11 is 0. The quantitative estimate of drug-likeness (QED) is 0.611. The Bertz CT molecular complexity index is 1250. The summed E-state index contributed by atoms with van der Waals surface area (Å²) in [5.74, 6) is 1.64. The lowest BCUT2D eigenvalue weighted by Crippen LogP contribution is -2.45. The summed E-state index contributed by atoms with van der Waals surface area (Å²) in [5, 5.41) is 8.59. The van der Waals surface area contributed by atoms with Crippen LogP contribution in [-0.2, 0) is 4.79 Å². The average Bonchev–Trinajstić information content (AvgIpc) is 3.80. The van der Waals surface area contributed by atoms with Crippen molar-refractivity contribution in [3.63, 3.8) is 0 Å². The third-order valence-corrected chi connectivity index (χ3v) is 7.27. The number of likely N-dealkylation sites (tertiary alicyclic amines) is 1. The molecule has 3 aromatic rings. The largest absolute Gasteiger partial charge is 0.356 e. The van der Waals surface area contributed by atoms with Crippen LogP contribution in [0.4, 0.5) is 0 Å². The van der Waals surface area contributed by atoms with Gasteiger partial charge in [-0.2, -0.15) is 9.78 Å². The van der Waals surface area contributed by atoms with E-state index in [9.17, 15) is 9.59 Å². The second-order valence-electron chi connectivity index (χ2n) is 10.0. The van der Waals surface area contributed by atoms with Crippen molar-refractivity contribution in [2.75, 3.05) is 19.6 Å². The van der Waals surface area contributed by atoms with Crippen molar-refractivity contribution in [1.82, 2.24) is 30.0 Å². The van der Waals surface area contributed by atoms with Crippen molar-refractivity contribution in [3.05, 3.63) is 47.4 Å². The molecule has 0 spiro atoms. The highest BCUT2D eigenvalue weighted by atomic mass is 16.2. The van der Waals surface area contributed by atoms with Gasteiger partial charge in [0.1, 0.15) is 0 Å². The minimum absolute atomic E-state index is 0.0299. The zero-order valence-electron chi connectivity index (χ0n) is 19.5. The number of carbonyl (C=O) groups excluding carboxylic acids is 2. The molecular weight excluding hydrogens is 428 g/mol. The van der Waals surface area contributed by atoms with Gasteiger partial charge in [-0.25, -0.2) is 9.97 Å². The fourth-order valence-electron chi connectivity index (χ4n) is 4.96. The first-order valence-electron chi connectivity index (χ1n) is 12.5. The van der Waals surface area contributed by atoms with Crippen molar-refractivity contribution >= 4 is 22.8 Å². The Morgan fingerprint density at radius 3 is 2.74 bits per heavy atom. The molecule has 176 valence electrons. The van der Waals surface area contributed by atoms with Crippen LogP contribution in [0.3, 0.4) is 0 Å². The standard InChI is InChI=1S/C26H30N6O2/c1-16-23-20(26(34)31-12-4-5-19(15-31)25(33)28-14-17-7-8-17)13-21(18-9-10-18)29-24(23)32(30-16)22-6-2-3-11-27-22/h2-3,6,11,13,17-19H,4-5,7-10,12,14-15H2,1H3,(H,28,33). The Morgan fingerprint density at radius 2 is 2.00 bits per heavy atom. The van der Waals surface area contributed by atoms with E-state index in [0.717, 1.165) is 49.0 Å². The molecule has 1 aliphatic heterocycles. The molecule has 2 saturated carbocycles. The maximum atomic E-state index is 13.9. The number of hydrogen-bond acceptors (Lipinski definition) is 5. The van der Waals surface area contributed by atoms with E-state index in [1.54, 1.807) is 10.9 Å². The van der Waals surface area contributed by atoms with Gasteiger partial charge in [0.05, 0.1) is 22.6 Å². The first-order chi connectivity index (χ1) is 16.6. The second-order valence-corrected chi connectivity index (χ2v) is 10.0. The Morgan fingerprint density at radius 1 is 1.15 bits per heavy atom. The summed E-state index contributed by atoms with van der Waals surface area (Å²) in [4.78, 5) is 37.8. The van der Waals surface area contributed by atoms with E-state index in [2.05, 4.69) is 10.3 Å². The molecule has 4 heterocycles. The van der Waals surface area contributed by atoms with E-state index in [1.807, 2.05) is 36.1 Å². The molecule has 3 aromatic heterocycles. The molecule has 3 fully saturated rings. The minimum atomic E-state index is -0.144. The van der Waals surface area contributed by atoms with E-state index in [4.69, 9.17) is 10.1 Å². The van der Waals surface area contributed by atoms with Crippen LogP contribution >= 0.6 is 0 Å². The average molecular weight is 459 g/mol. The Kier molecular flexibility index (Phi) is 5.31. The van der Waals surface area contributed by atoms with Crippen LogP contribution in [0.1, 0.15) is 66.2 Å². The monoisotopic (exact) mass is 458 g/mol. The third kappa shape index (κ3) is 4.06. The van der Waals surface area contributed by atoms with Crippen molar-refractivity contribution in [1.29, 1.82) is 0 Å². The van der Waals surface area contributed by atoms with Gasteiger partial charge in [-0.05, 0) is 69.6 Å². The molecule has 0 bridgehead atoms. The fraction of sp³-hybridized carbons (Fsp3) is 0.500. The highest BCUT2D eigenvalue weighted by Crippen LogP contribution is 2.41. The zero-order chi connectivity index (χ0) is 23.2. The van der Waals surface area contributed by atoms with Crippen molar-refractivity contribution in [2.45, 2.75) is 51.4 Å². The number of piperidine rings is 1. The third-order valence-electron chi connectivity index (χ3n) is 7.27. The summed E-state index contributed by atoms with van der Waals surface area (Å²) in [6.07, 6.45) is 8.01. The Hall–Kier alpha value is -3.29. The minimum Gasteiger partial charge on any atom is -0.356 e. The molecule has 0 aromatic carbocycles. The lowest BCUT2D eigenvalue weighted by molar-refractivity contribution is -0.126. The van der Waals surface area contributed by atoms with Crippen LogP contribution in [0, 0.1) is 18.8 Å². The van der Waals surface area contributed by atoms with Gasteiger partial charge in [0.2, 0.25) is 5.91 Å². The van der Waals surface area contributed by atoms with Crippen LogP contribution in [0.15, 0.2) is 30.5 Å². The number of aryl methyl sites for hydroxylation is 1. The second kappa shape index (κ2) is 8.49. The van der Waals surface area contributed by atoms with E-state index < -0.39 is 0 Å². The normalized spacial score (nSPS) is 20.5. The molecule has 1 unspecified atom stereocenters. The number of rotatable bonds is 6. The molecule has 8 nitrogen and oxygen atoms in total. The number of pyridine rings is 2. The maximum Gasteiger partial charge on any atom is 0.254 e. The van der Waals surface area contributed by atoms with Crippen molar-refractivity contribution in [2.24, 2.45) is 11.8 Å². The molecule has 0 radical (unpaired) electrons. The van der Waals surface area contributed by atoms with E-state index in [-0.39, 0.29) is 17.7 Å². The number of fused-ring (bicyclic) bond motifs is 1. The molecule has 2 aliphatic carbocycles. The number of hydrogen-bond donors (Lipinski definition) is 1. The van der Waals surface area contributed by atoms with Gasteiger partial charge in [-0.1, -0.05) is 6.07 Å². The van der Waals surface area contributed by atoms with Crippen LogP contribution < -0.4 is 5.32 Å². The van der Waals surface area contributed by atoms with Gasteiger partial charge < -0.3 is 10.2 Å². The summed E-state index contributed by atoms with van der Waals surface area (Å²) in [6.45, 7) is 3.82. The van der Waals surface area contributed by atoms with E-state index in [0.29, 0.717) is 42.0 Å². The number of carbonyl (C=O) groups is 2. The molecule has 1 saturated heterocycles. The molecule has 1 atom stereocenters. The predicted molar refractivity (Wildman–Crippen MR) is 128 cm³/mol. The molecule has 8 heteroatoms. The fourth-order valence-corrected chi connectivity index (χ4v) is 4.96. The van der Waals surface area contributed by atoms with Gasteiger partial charge in [-0.15, -0.1) is 0 Å². The number of nitrogens with one attached hydrogen (secondary N) is 1. The SMILES string of the molecule is Cc1nn(-c2ccccn2)c2nc(C3CC3)cc(C(=O)N3CCCC(C(=O)NCC4CC4)C3)c12. The van der Waals surface area contributed by atoms with Crippen molar-refractivity contribution in [3.8, 4) is 5.82 Å². The van der Waals surface area contributed by atoms with Gasteiger partial charge in [0.15, 0.2) is 11.5 Å². The zero-order valence-corrected chi connectivity index (χ0v) is 19.5. The van der Waals surface area contributed by atoms with Crippen LogP contribution in [0.2, 0.25) is 0 Å². The highest BCUT2D eigenvalue weighted by molar-refractivity contribution is 6.07. The summed E-state index contributed by atoms with van der Waals surface area (Å²) in [6, 6.07) is 7.66. The molecule has 34 heavy (non-hydrogen) atoms. The van der Waals surface area contributed by atoms with Gasteiger partial charge in [0, 0.05) is 37.4 Å². The molecule has 3 aliphatic rings. The molecule has 2 amide bonds. The van der Waals surface area contributed by atoms with Crippen LogP contribution in [0.5, 0.6) is 0 Å². The van der Waals surface area contributed by atoms with Crippen LogP contribution in [-0.4, -0.2) is 56.1 Å². The Labute approximate surface area is 198 Å². The molecule has 6 rings (SSSR count). The summed E-state index contributed by atoms with van der Waals surface area (Å²) < 4.78 is 1.75. The first-order valence-corrected chi connectivity index (χ1v) is 12.5.